The van der Waals surface area contributed by atoms with E-state index in [0.717, 1.165) is 10.8 Å². The highest BCUT2D eigenvalue weighted by molar-refractivity contribution is 5.65. The fourth-order valence-corrected chi connectivity index (χ4v) is 1.71. The van der Waals surface area contributed by atoms with Crippen LogP contribution in [0.3, 0.4) is 0 Å². The van der Waals surface area contributed by atoms with Crippen LogP contribution in [0.2, 0.25) is 0 Å². The summed E-state index contributed by atoms with van der Waals surface area (Å²) >= 11 is 0. The predicted molar refractivity (Wildman–Crippen MR) is 75.4 cm³/mol. The Bertz CT molecular complexity index is 627. The fourth-order valence-electron chi connectivity index (χ4n) is 1.71. The van der Waals surface area contributed by atoms with Gasteiger partial charge in [0, 0.05) is 20.5 Å². The van der Waals surface area contributed by atoms with Gasteiger partial charge in [-0.2, -0.15) is 4.39 Å². The number of aliphatic hydroxyl groups is 1. The maximum Gasteiger partial charge on any atom is 0.330 e. The van der Waals surface area contributed by atoms with E-state index in [0.29, 0.717) is 0 Å². The van der Waals surface area contributed by atoms with Crippen molar-refractivity contribution in [2.45, 2.75) is 25.7 Å². The summed E-state index contributed by atoms with van der Waals surface area (Å²) in [5.41, 5.74) is -1.91. The van der Waals surface area contributed by atoms with Crippen molar-refractivity contribution >= 4 is 5.97 Å². The first-order valence-electron chi connectivity index (χ1n) is 6.78. The zero-order valence-corrected chi connectivity index (χ0v) is 12.8. The topological polar surface area (TPSA) is 120 Å². The normalized spacial score (nSPS) is 13.6. The summed E-state index contributed by atoms with van der Waals surface area (Å²) in [6.07, 6.45) is -0.903. The van der Waals surface area contributed by atoms with E-state index < -0.39 is 35.4 Å². The Hall–Kier alpha value is -2.04. The fraction of sp³-hybridized carbons (Fsp3) is 0.615. The number of halogens is 1. The highest BCUT2D eigenvalue weighted by atomic mass is 19.1. The van der Waals surface area contributed by atoms with Crippen molar-refractivity contribution in [3.63, 3.8) is 0 Å². The van der Waals surface area contributed by atoms with Crippen LogP contribution in [0.1, 0.15) is 19.6 Å². The molecule has 1 aromatic heterocycles. The summed E-state index contributed by atoms with van der Waals surface area (Å²) in [5, 5.41) is 9.47. The molecule has 0 aliphatic heterocycles. The van der Waals surface area contributed by atoms with Gasteiger partial charge in [0.05, 0.1) is 19.4 Å². The SMILES string of the molecule is COC(CCOCC(O)COC(C)=O)n1cc(F)c(=O)[nH]c1=O. The summed E-state index contributed by atoms with van der Waals surface area (Å²) in [4.78, 5) is 35.0. The lowest BCUT2D eigenvalue weighted by Gasteiger charge is -2.18. The van der Waals surface area contributed by atoms with Crippen molar-refractivity contribution in [2.24, 2.45) is 0 Å². The Balaban J connectivity index is 2.49. The number of ether oxygens (including phenoxy) is 3. The van der Waals surface area contributed by atoms with Crippen LogP contribution in [-0.4, -0.2) is 53.7 Å². The summed E-state index contributed by atoms with van der Waals surface area (Å²) in [6, 6.07) is 0. The first kappa shape index (κ1) is 19.0. The van der Waals surface area contributed by atoms with Gasteiger partial charge in [-0.3, -0.25) is 19.1 Å². The Labute approximate surface area is 130 Å². The lowest BCUT2D eigenvalue weighted by molar-refractivity contribution is -0.145. The van der Waals surface area contributed by atoms with Crippen molar-refractivity contribution in [3.05, 3.63) is 32.9 Å². The smallest absolute Gasteiger partial charge is 0.330 e. The molecule has 0 fully saturated rings. The van der Waals surface area contributed by atoms with Crippen LogP contribution in [0, 0.1) is 5.82 Å². The number of nitrogens with zero attached hydrogens (tertiary/aromatic N) is 1. The number of hydrogen-bond donors (Lipinski definition) is 2. The molecule has 2 atom stereocenters. The molecule has 0 aliphatic carbocycles. The minimum absolute atomic E-state index is 0.0847. The second kappa shape index (κ2) is 9.18. The standard InChI is InChI=1S/C13H19FN2O7/c1-8(17)23-7-9(18)6-22-4-3-11(21-2)16-5-10(14)12(19)15-13(16)20/h5,9,11,18H,3-4,6-7H2,1-2H3,(H,15,19,20). The van der Waals surface area contributed by atoms with Gasteiger partial charge in [-0.15, -0.1) is 0 Å². The lowest BCUT2D eigenvalue weighted by Crippen LogP contribution is -2.35. The van der Waals surface area contributed by atoms with Crippen molar-refractivity contribution in [1.82, 2.24) is 9.55 Å². The molecule has 0 saturated carbocycles. The largest absolute Gasteiger partial charge is 0.463 e. The molecule has 10 heteroatoms. The Kier molecular flexibility index (Phi) is 7.59. The number of methoxy groups -OCH3 is 1. The molecular weight excluding hydrogens is 315 g/mol. The lowest BCUT2D eigenvalue weighted by atomic mass is 10.3. The van der Waals surface area contributed by atoms with Gasteiger partial charge < -0.3 is 19.3 Å². The number of hydrogen-bond acceptors (Lipinski definition) is 7. The number of esters is 1. The molecule has 0 amide bonds. The number of carbonyl (C=O) groups excluding carboxylic acids is 1. The summed E-state index contributed by atoms with van der Waals surface area (Å²) in [5.74, 6) is -1.62. The van der Waals surface area contributed by atoms with Gasteiger partial charge in [0.2, 0.25) is 5.82 Å². The average Bonchev–Trinajstić information content (AvgIpc) is 2.49. The van der Waals surface area contributed by atoms with Crippen LogP contribution in [0.25, 0.3) is 0 Å². The van der Waals surface area contributed by atoms with E-state index in [4.69, 9.17) is 9.47 Å². The first-order valence-corrected chi connectivity index (χ1v) is 6.78. The Morgan fingerprint density at radius 3 is 2.74 bits per heavy atom. The van der Waals surface area contributed by atoms with Gasteiger partial charge in [-0.25, -0.2) is 4.79 Å². The number of nitrogens with one attached hydrogen (secondary N) is 1. The van der Waals surface area contributed by atoms with E-state index >= 15 is 0 Å². The van der Waals surface area contributed by atoms with Gasteiger partial charge in [0.15, 0.2) is 0 Å². The Morgan fingerprint density at radius 1 is 1.43 bits per heavy atom. The molecule has 1 aromatic rings. The van der Waals surface area contributed by atoms with E-state index in [9.17, 15) is 23.9 Å². The van der Waals surface area contributed by atoms with Gasteiger partial charge in [-0.1, -0.05) is 0 Å². The molecular formula is C13H19FN2O7. The molecule has 23 heavy (non-hydrogen) atoms. The quantitative estimate of drug-likeness (QED) is 0.446. The number of carbonyl (C=O) groups is 1. The van der Waals surface area contributed by atoms with Crippen molar-refractivity contribution in [3.8, 4) is 0 Å². The third-order valence-electron chi connectivity index (χ3n) is 2.81. The zero-order chi connectivity index (χ0) is 17.4. The predicted octanol–water partition coefficient (Wildman–Crippen LogP) is -0.849. The highest BCUT2D eigenvalue weighted by Crippen LogP contribution is 2.09. The van der Waals surface area contributed by atoms with Gasteiger partial charge >= 0.3 is 11.7 Å². The van der Waals surface area contributed by atoms with E-state index in [1.165, 1.54) is 14.0 Å². The van der Waals surface area contributed by atoms with Gasteiger partial charge in [0.1, 0.15) is 18.9 Å². The third kappa shape index (κ3) is 6.30. The first-order chi connectivity index (χ1) is 10.8. The highest BCUT2D eigenvalue weighted by Gasteiger charge is 2.15. The number of H-pyrrole nitrogens is 1. The molecule has 0 aliphatic rings. The second-order valence-electron chi connectivity index (χ2n) is 4.65. The van der Waals surface area contributed by atoms with Gasteiger partial charge in [0.25, 0.3) is 5.56 Å². The molecule has 2 N–H and O–H groups in total. The molecule has 0 saturated heterocycles. The van der Waals surface area contributed by atoms with Crippen molar-refractivity contribution in [1.29, 1.82) is 0 Å². The minimum atomic E-state index is -1.11. The summed E-state index contributed by atoms with van der Waals surface area (Å²) in [6.45, 7) is 1.03. The molecule has 130 valence electrons. The van der Waals surface area contributed by atoms with E-state index in [-0.39, 0.29) is 26.2 Å². The van der Waals surface area contributed by atoms with E-state index in [1.807, 2.05) is 4.98 Å². The molecule has 2 unspecified atom stereocenters. The van der Waals surface area contributed by atoms with Crippen LogP contribution in [0.4, 0.5) is 4.39 Å². The third-order valence-corrected chi connectivity index (χ3v) is 2.81. The molecule has 0 radical (unpaired) electrons. The van der Waals surface area contributed by atoms with Crippen molar-refractivity contribution in [2.75, 3.05) is 26.9 Å². The maximum atomic E-state index is 13.2. The van der Waals surface area contributed by atoms with E-state index in [1.54, 1.807) is 0 Å². The van der Waals surface area contributed by atoms with Crippen LogP contribution >= 0.6 is 0 Å². The molecule has 0 aromatic carbocycles. The Morgan fingerprint density at radius 2 is 2.13 bits per heavy atom. The number of aromatic amines is 1. The molecule has 1 heterocycles. The van der Waals surface area contributed by atoms with Crippen LogP contribution in [-0.2, 0) is 19.0 Å². The second-order valence-corrected chi connectivity index (χ2v) is 4.65. The monoisotopic (exact) mass is 334 g/mol. The summed E-state index contributed by atoms with van der Waals surface area (Å²) in [7, 11) is 1.32. The van der Waals surface area contributed by atoms with Crippen LogP contribution < -0.4 is 11.2 Å². The summed E-state index contributed by atoms with van der Waals surface area (Å²) < 4.78 is 29.0. The molecule has 9 nitrogen and oxygen atoms in total. The number of aliphatic hydroxyl groups excluding tert-OH is 1. The van der Waals surface area contributed by atoms with Crippen molar-refractivity contribution < 1.29 is 28.5 Å². The minimum Gasteiger partial charge on any atom is -0.463 e. The average molecular weight is 334 g/mol. The van der Waals surface area contributed by atoms with Crippen LogP contribution in [0.15, 0.2) is 15.8 Å². The number of rotatable bonds is 9. The number of aromatic nitrogens is 2. The zero-order valence-electron chi connectivity index (χ0n) is 12.8. The molecule has 0 bridgehead atoms. The molecule has 0 spiro atoms. The molecule has 1 rings (SSSR count). The van der Waals surface area contributed by atoms with Crippen LogP contribution in [0.5, 0.6) is 0 Å². The van der Waals surface area contributed by atoms with Gasteiger partial charge in [-0.05, 0) is 0 Å². The van der Waals surface area contributed by atoms with E-state index in [2.05, 4.69) is 4.74 Å². The maximum absolute atomic E-state index is 13.2.